The zero-order valence-electron chi connectivity index (χ0n) is 15.8. The van der Waals surface area contributed by atoms with E-state index in [4.69, 9.17) is 10.00 Å². The summed E-state index contributed by atoms with van der Waals surface area (Å²) in [6.07, 6.45) is 1.59. The molecule has 7 heteroatoms. The average molecular weight is 370 g/mol. The molecular weight excluding hydrogens is 344 g/mol. The summed E-state index contributed by atoms with van der Waals surface area (Å²) in [6, 6.07) is 8.87. The third-order valence-corrected chi connectivity index (χ3v) is 5.13. The van der Waals surface area contributed by atoms with Crippen molar-refractivity contribution in [2.24, 2.45) is 0 Å². The minimum atomic E-state index is -0.614. The number of nitrogens with zero attached hydrogens (tertiary/aromatic N) is 4. The van der Waals surface area contributed by atoms with E-state index >= 15 is 0 Å². The maximum Gasteiger partial charge on any atom is 0.263 e. The van der Waals surface area contributed by atoms with Crippen LogP contribution in [-0.4, -0.2) is 78.4 Å². The van der Waals surface area contributed by atoms with Crippen LogP contribution in [0.15, 0.2) is 24.3 Å². The third-order valence-electron chi connectivity index (χ3n) is 5.13. The Morgan fingerprint density at radius 2 is 1.81 bits per heavy atom. The van der Waals surface area contributed by atoms with Gasteiger partial charge in [-0.1, -0.05) is 6.07 Å². The Hall–Kier alpha value is -2.59. The lowest BCUT2D eigenvalue weighted by atomic mass is 10.2. The van der Waals surface area contributed by atoms with Gasteiger partial charge in [-0.15, -0.1) is 0 Å². The molecule has 2 amide bonds. The lowest BCUT2D eigenvalue weighted by Crippen LogP contribution is -2.53. The average Bonchev–Trinajstić information content (AvgIpc) is 3.23. The van der Waals surface area contributed by atoms with Crippen molar-refractivity contribution in [1.29, 1.82) is 5.26 Å². The minimum absolute atomic E-state index is 0.0668. The van der Waals surface area contributed by atoms with Gasteiger partial charge in [0.1, 0.15) is 5.75 Å². The number of rotatable bonds is 5. The van der Waals surface area contributed by atoms with Gasteiger partial charge in [0.05, 0.1) is 18.2 Å². The van der Waals surface area contributed by atoms with E-state index in [1.54, 1.807) is 36.1 Å². The van der Waals surface area contributed by atoms with Crippen molar-refractivity contribution in [1.82, 2.24) is 14.7 Å². The lowest BCUT2D eigenvalue weighted by Gasteiger charge is -2.36. The fraction of sp³-hybridized carbons (Fsp3) is 0.550. The van der Waals surface area contributed by atoms with Crippen LogP contribution in [0.1, 0.15) is 25.3 Å². The summed E-state index contributed by atoms with van der Waals surface area (Å²) in [4.78, 5) is 30.7. The van der Waals surface area contributed by atoms with E-state index in [9.17, 15) is 9.59 Å². The Morgan fingerprint density at radius 1 is 1.11 bits per heavy atom. The molecule has 0 N–H and O–H groups in total. The maximum atomic E-state index is 12.6. The molecule has 0 radical (unpaired) electrons. The van der Waals surface area contributed by atoms with E-state index in [0.29, 0.717) is 44.0 Å². The largest absolute Gasteiger partial charge is 0.481 e. The number of carbonyl (C=O) groups excluding carboxylic acids is 2. The summed E-state index contributed by atoms with van der Waals surface area (Å²) < 4.78 is 5.71. The van der Waals surface area contributed by atoms with Crippen LogP contribution >= 0.6 is 0 Å². The molecule has 27 heavy (non-hydrogen) atoms. The van der Waals surface area contributed by atoms with Crippen molar-refractivity contribution >= 4 is 11.8 Å². The number of hydrogen-bond donors (Lipinski definition) is 0. The molecule has 0 bridgehead atoms. The molecule has 2 aliphatic heterocycles. The van der Waals surface area contributed by atoms with Crippen LogP contribution in [0.3, 0.4) is 0 Å². The van der Waals surface area contributed by atoms with Gasteiger partial charge in [0.2, 0.25) is 5.91 Å². The third kappa shape index (κ3) is 4.98. The van der Waals surface area contributed by atoms with Gasteiger partial charge in [0.25, 0.3) is 5.91 Å². The molecule has 7 nitrogen and oxygen atoms in total. The summed E-state index contributed by atoms with van der Waals surface area (Å²) in [7, 11) is 0. The Kier molecular flexibility index (Phi) is 6.30. The molecule has 1 unspecified atom stereocenters. The number of likely N-dealkylation sites (tertiary alicyclic amines) is 1. The minimum Gasteiger partial charge on any atom is -0.481 e. The summed E-state index contributed by atoms with van der Waals surface area (Å²) >= 11 is 0. The van der Waals surface area contributed by atoms with Gasteiger partial charge in [-0.05, 0) is 38.0 Å². The fourth-order valence-corrected chi connectivity index (χ4v) is 3.53. The van der Waals surface area contributed by atoms with Crippen molar-refractivity contribution in [3.05, 3.63) is 29.8 Å². The Labute approximate surface area is 160 Å². The van der Waals surface area contributed by atoms with Crippen molar-refractivity contribution < 1.29 is 14.3 Å². The molecular formula is C20H26N4O3. The quantitative estimate of drug-likeness (QED) is 0.776. The molecule has 0 aliphatic carbocycles. The number of carbonyl (C=O) groups is 2. The monoisotopic (exact) mass is 370 g/mol. The van der Waals surface area contributed by atoms with Gasteiger partial charge in [-0.2, -0.15) is 5.26 Å². The van der Waals surface area contributed by atoms with Crippen LogP contribution in [0.5, 0.6) is 5.75 Å². The van der Waals surface area contributed by atoms with Gasteiger partial charge < -0.3 is 14.5 Å². The SMILES string of the molecule is CC(Oc1cccc(C#N)c1)C(=O)N1CCN(CC(=O)N2CCCC2)CC1. The smallest absolute Gasteiger partial charge is 0.263 e. The molecule has 1 aromatic rings. The predicted molar refractivity (Wildman–Crippen MR) is 100 cm³/mol. The van der Waals surface area contributed by atoms with Crippen molar-refractivity contribution in [2.75, 3.05) is 45.8 Å². The maximum absolute atomic E-state index is 12.6. The Balaban J connectivity index is 1.46. The number of nitriles is 1. The number of piperazine rings is 1. The summed E-state index contributed by atoms with van der Waals surface area (Å²) in [6.45, 7) is 6.50. The van der Waals surface area contributed by atoms with Crippen LogP contribution in [0, 0.1) is 11.3 Å². The van der Waals surface area contributed by atoms with Crippen LogP contribution in [0.25, 0.3) is 0 Å². The second kappa shape index (κ2) is 8.87. The van der Waals surface area contributed by atoms with Crippen molar-refractivity contribution in [3.63, 3.8) is 0 Å². The standard InChI is InChI=1S/C20H26N4O3/c1-16(27-18-6-4-5-17(13-18)14-21)20(26)24-11-9-22(10-12-24)15-19(25)23-7-2-3-8-23/h4-6,13,16H,2-3,7-12,15H2,1H3. The first kappa shape index (κ1) is 19.2. The highest BCUT2D eigenvalue weighted by atomic mass is 16.5. The fourth-order valence-electron chi connectivity index (χ4n) is 3.53. The Bertz CT molecular complexity index is 716. The second-order valence-electron chi connectivity index (χ2n) is 7.09. The zero-order valence-corrected chi connectivity index (χ0v) is 15.8. The predicted octanol–water partition coefficient (Wildman–Crippen LogP) is 1.09. The van der Waals surface area contributed by atoms with E-state index in [2.05, 4.69) is 11.0 Å². The van der Waals surface area contributed by atoms with E-state index in [0.717, 1.165) is 25.9 Å². The molecule has 1 aromatic carbocycles. The molecule has 0 spiro atoms. The summed E-state index contributed by atoms with van der Waals surface area (Å²) in [5.41, 5.74) is 0.503. The summed E-state index contributed by atoms with van der Waals surface area (Å²) in [5.74, 6) is 0.647. The van der Waals surface area contributed by atoms with Crippen LogP contribution in [0.4, 0.5) is 0 Å². The Morgan fingerprint density at radius 3 is 2.48 bits per heavy atom. The molecule has 3 rings (SSSR count). The number of hydrogen-bond acceptors (Lipinski definition) is 5. The topological polar surface area (TPSA) is 76.9 Å². The van der Waals surface area contributed by atoms with E-state index in [1.807, 2.05) is 4.90 Å². The number of ether oxygens (including phenoxy) is 1. The van der Waals surface area contributed by atoms with Gasteiger partial charge in [-0.25, -0.2) is 0 Å². The van der Waals surface area contributed by atoms with Crippen LogP contribution in [-0.2, 0) is 9.59 Å². The lowest BCUT2D eigenvalue weighted by molar-refractivity contribution is -0.140. The first-order chi connectivity index (χ1) is 13.1. The molecule has 144 valence electrons. The molecule has 0 aromatic heterocycles. The molecule has 1 atom stereocenters. The normalized spacial score (nSPS) is 18.8. The van der Waals surface area contributed by atoms with E-state index in [-0.39, 0.29) is 11.8 Å². The molecule has 2 heterocycles. The first-order valence-corrected chi connectivity index (χ1v) is 9.52. The van der Waals surface area contributed by atoms with Gasteiger partial charge >= 0.3 is 0 Å². The van der Waals surface area contributed by atoms with Gasteiger partial charge in [-0.3, -0.25) is 14.5 Å². The highest BCUT2D eigenvalue weighted by Gasteiger charge is 2.28. The summed E-state index contributed by atoms with van der Waals surface area (Å²) in [5, 5.41) is 8.95. The molecule has 0 saturated carbocycles. The molecule has 2 fully saturated rings. The van der Waals surface area contributed by atoms with Crippen LogP contribution in [0.2, 0.25) is 0 Å². The van der Waals surface area contributed by atoms with Crippen molar-refractivity contribution in [2.45, 2.75) is 25.9 Å². The van der Waals surface area contributed by atoms with E-state index in [1.165, 1.54) is 0 Å². The number of benzene rings is 1. The number of amides is 2. The zero-order chi connectivity index (χ0) is 19.2. The van der Waals surface area contributed by atoms with Crippen molar-refractivity contribution in [3.8, 4) is 11.8 Å². The highest BCUT2D eigenvalue weighted by molar-refractivity contribution is 5.81. The molecule has 2 saturated heterocycles. The highest BCUT2D eigenvalue weighted by Crippen LogP contribution is 2.16. The van der Waals surface area contributed by atoms with Gasteiger partial charge in [0, 0.05) is 39.3 Å². The molecule has 2 aliphatic rings. The second-order valence-corrected chi connectivity index (χ2v) is 7.09. The van der Waals surface area contributed by atoms with Crippen LogP contribution < -0.4 is 4.74 Å². The van der Waals surface area contributed by atoms with Gasteiger partial charge in [0.15, 0.2) is 6.10 Å². The van der Waals surface area contributed by atoms with E-state index < -0.39 is 6.10 Å². The first-order valence-electron chi connectivity index (χ1n) is 9.52.